The molecule has 1 heterocycles. The number of nitrogens with zero attached hydrogens (tertiary/aromatic N) is 1. The van der Waals surface area contributed by atoms with E-state index >= 15 is 0 Å². The first kappa shape index (κ1) is 19.9. The van der Waals surface area contributed by atoms with Gasteiger partial charge in [0.15, 0.2) is 0 Å². The molecule has 4 rings (SSSR count). The molecule has 0 unspecified atom stereocenters. The van der Waals surface area contributed by atoms with Gasteiger partial charge in [-0.2, -0.15) is 0 Å². The van der Waals surface area contributed by atoms with Crippen LogP contribution in [0.5, 0.6) is 0 Å². The second kappa shape index (κ2) is 9.90. The molecular formula is C26H27N3O. The van der Waals surface area contributed by atoms with E-state index in [2.05, 4.69) is 46.8 Å². The number of amides is 1. The van der Waals surface area contributed by atoms with E-state index in [1.807, 2.05) is 59.5 Å². The van der Waals surface area contributed by atoms with Crippen LogP contribution in [0.1, 0.15) is 17.5 Å². The normalized spacial score (nSPS) is 10.9. The number of aromatic nitrogens is 1. The Bertz CT molecular complexity index is 1070. The van der Waals surface area contributed by atoms with Crippen LogP contribution in [0, 0.1) is 0 Å². The number of hydrogen-bond donors (Lipinski definition) is 2. The minimum atomic E-state index is 0.129. The van der Waals surface area contributed by atoms with Gasteiger partial charge in [0.2, 0.25) is 5.91 Å². The fourth-order valence-electron chi connectivity index (χ4n) is 3.71. The Morgan fingerprint density at radius 2 is 1.53 bits per heavy atom. The second-order valence-electron chi connectivity index (χ2n) is 7.41. The van der Waals surface area contributed by atoms with E-state index in [9.17, 15) is 4.79 Å². The predicted molar refractivity (Wildman–Crippen MR) is 124 cm³/mol. The maximum atomic E-state index is 13.0. The predicted octanol–water partition coefficient (Wildman–Crippen LogP) is 4.92. The van der Waals surface area contributed by atoms with Gasteiger partial charge in [-0.05, 0) is 42.3 Å². The van der Waals surface area contributed by atoms with Crippen LogP contribution in [0.25, 0.3) is 10.9 Å². The Morgan fingerprint density at radius 3 is 2.33 bits per heavy atom. The van der Waals surface area contributed by atoms with Gasteiger partial charge in [-0.25, -0.2) is 0 Å². The number of H-pyrrole nitrogens is 1. The molecule has 0 aliphatic rings. The van der Waals surface area contributed by atoms with Crippen molar-refractivity contribution >= 4 is 22.5 Å². The van der Waals surface area contributed by atoms with Crippen molar-refractivity contribution in [1.82, 2.24) is 10.3 Å². The fourth-order valence-corrected chi connectivity index (χ4v) is 3.71. The highest BCUT2D eigenvalue weighted by molar-refractivity contribution is 5.93. The van der Waals surface area contributed by atoms with E-state index in [1.54, 1.807) is 0 Å². The molecule has 0 fully saturated rings. The zero-order valence-electron chi connectivity index (χ0n) is 17.1. The number of carbonyl (C=O) groups excluding carboxylic acids is 1. The lowest BCUT2D eigenvalue weighted by Crippen LogP contribution is -2.33. The molecule has 0 spiro atoms. The summed E-state index contributed by atoms with van der Waals surface area (Å²) < 4.78 is 0. The first-order chi connectivity index (χ1) is 14.8. The minimum Gasteiger partial charge on any atom is -0.361 e. The van der Waals surface area contributed by atoms with Crippen molar-refractivity contribution in [1.29, 1.82) is 0 Å². The lowest BCUT2D eigenvalue weighted by molar-refractivity contribution is -0.118. The van der Waals surface area contributed by atoms with Crippen LogP contribution in [-0.4, -0.2) is 24.0 Å². The largest absolute Gasteiger partial charge is 0.361 e. The van der Waals surface area contributed by atoms with Crippen LogP contribution in [0.4, 0.5) is 5.69 Å². The second-order valence-corrected chi connectivity index (χ2v) is 7.41. The lowest BCUT2D eigenvalue weighted by Gasteiger charge is -2.23. The van der Waals surface area contributed by atoms with Crippen LogP contribution < -0.4 is 10.2 Å². The monoisotopic (exact) mass is 397 g/mol. The Hall–Kier alpha value is -3.37. The van der Waals surface area contributed by atoms with Gasteiger partial charge in [0.25, 0.3) is 0 Å². The van der Waals surface area contributed by atoms with E-state index in [-0.39, 0.29) is 5.91 Å². The summed E-state index contributed by atoms with van der Waals surface area (Å²) in [5, 5.41) is 4.70. The molecule has 4 heteroatoms. The maximum absolute atomic E-state index is 13.0. The molecule has 4 aromatic rings. The number of hydrogen-bond acceptors (Lipinski definition) is 2. The number of rotatable bonds is 9. The number of carbonyl (C=O) groups is 1. The highest BCUT2D eigenvalue weighted by atomic mass is 16.2. The summed E-state index contributed by atoms with van der Waals surface area (Å²) in [6, 6.07) is 28.4. The number of fused-ring (bicyclic) bond motifs is 1. The van der Waals surface area contributed by atoms with Crippen molar-refractivity contribution in [2.75, 3.05) is 18.0 Å². The summed E-state index contributed by atoms with van der Waals surface area (Å²) in [4.78, 5) is 18.2. The lowest BCUT2D eigenvalue weighted by atomic mass is 10.1. The van der Waals surface area contributed by atoms with Gasteiger partial charge in [0.05, 0.1) is 6.54 Å². The Kier molecular flexibility index (Phi) is 6.58. The van der Waals surface area contributed by atoms with Gasteiger partial charge < -0.3 is 15.2 Å². The number of para-hydroxylation sites is 2. The third kappa shape index (κ3) is 4.97. The molecular weight excluding hydrogens is 370 g/mol. The van der Waals surface area contributed by atoms with E-state index in [1.165, 1.54) is 16.5 Å². The molecule has 4 nitrogen and oxygen atoms in total. The molecule has 3 aromatic carbocycles. The van der Waals surface area contributed by atoms with Crippen LogP contribution in [0.15, 0.2) is 91.1 Å². The average Bonchev–Trinajstić information content (AvgIpc) is 3.21. The third-order valence-electron chi connectivity index (χ3n) is 5.31. The first-order valence-corrected chi connectivity index (χ1v) is 10.5. The van der Waals surface area contributed by atoms with Crippen molar-refractivity contribution in [3.8, 4) is 0 Å². The van der Waals surface area contributed by atoms with Crippen LogP contribution in [0.3, 0.4) is 0 Å². The van der Waals surface area contributed by atoms with E-state index in [0.717, 1.165) is 24.2 Å². The highest BCUT2D eigenvalue weighted by Crippen LogP contribution is 2.19. The van der Waals surface area contributed by atoms with Crippen molar-refractivity contribution < 1.29 is 4.79 Å². The SMILES string of the molecule is O=C(CCNCCc1c[nH]c2ccccc12)N(Cc1ccccc1)c1ccccc1. The summed E-state index contributed by atoms with van der Waals surface area (Å²) in [5.74, 6) is 0.129. The Labute approximate surface area is 177 Å². The molecule has 30 heavy (non-hydrogen) atoms. The summed E-state index contributed by atoms with van der Waals surface area (Å²) >= 11 is 0. The van der Waals surface area contributed by atoms with Crippen molar-refractivity contribution in [3.63, 3.8) is 0 Å². The molecule has 1 amide bonds. The zero-order chi connectivity index (χ0) is 20.6. The summed E-state index contributed by atoms with van der Waals surface area (Å²) in [6.07, 6.45) is 3.48. The van der Waals surface area contributed by atoms with Gasteiger partial charge in [-0.1, -0.05) is 66.7 Å². The molecule has 0 atom stereocenters. The van der Waals surface area contributed by atoms with Crippen LogP contribution in [0.2, 0.25) is 0 Å². The molecule has 0 radical (unpaired) electrons. The molecule has 0 saturated heterocycles. The number of aromatic amines is 1. The van der Waals surface area contributed by atoms with E-state index in [0.29, 0.717) is 19.5 Å². The summed E-state index contributed by atoms with van der Waals surface area (Å²) in [7, 11) is 0. The Morgan fingerprint density at radius 1 is 0.833 bits per heavy atom. The standard InChI is InChI=1S/C26H27N3O/c30-26(16-18-27-17-15-22-19-28-25-14-8-7-13-24(22)25)29(23-11-5-2-6-12-23)20-21-9-3-1-4-10-21/h1-14,19,27-28H,15-18,20H2. The Balaban J connectivity index is 1.31. The van der Waals surface area contributed by atoms with Gasteiger partial charge >= 0.3 is 0 Å². The summed E-state index contributed by atoms with van der Waals surface area (Å²) in [6.45, 7) is 2.09. The molecule has 0 saturated carbocycles. The minimum absolute atomic E-state index is 0.129. The quantitative estimate of drug-likeness (QED) is 0.394. The molecule has 1 aromatic heterocycles. The molecule has 0 aliphatic heterocycles. The van der Waals surface area contributed by atoms with Crippen LogP contribution in [-0.2, 0) is 17.8 Å². The zero-order valence-corrected chi connectivity index (χ0v) is 17.1. The average molecular weight is 398 g/mol. The topological polar surface area (TPSA) is 48.1 Å². The van der Waals surface area contributed by atoms with Gasteiger partial charge in [-0.3, -0.25) is 4.79 Å². The highest BCUT2D eigenvalue weighted by Gasteiger charge is 2.15. The third-order valence-corrected chi connectivity index (χ3v) is 5.31. The first-order valence-electron chi connectivity index (χ1n) is 10.5. The van der Waals surface area contributed by atoms with Gasteiger partial charge in [0.1, 0.15) is 0 Å². The summed E-state index contributed by atoms with van der Waals surface area (Å²) in [5.41, 5.74) is 4.54. The van der Waals surface area contributed by atoms with Gasteiger partial charge in [-0.15, -0.1) is 0 Å². The molecule has 152 valence electrons. The smallest absolute Gasteiger partial charge is 0.228 e. The molecule has 2 N–H and O–H groups in total. The van der Waals surface area contributed by atoms with Gasteiger partial charge in [0, 0.05) is 35.8 Å². The fraction of sp³-hybridized carbons (Fsp3) is 0.192. The van der Waals surface area contributed by atoms with E-state index in [4.69, 9.17) is 0 Å². The van der Waals surface area contributed by atoms with Crippen molar-refractivity contribution in [3.05, 3.63) is 102 Å². The molecule has 0 aliphatic carbocycles. The number of nitrogens with one attached hydrogen (secondary N) is 2. The number of anilines is 1. The van der Waals surface area contributed by atoms with E-state index < -0.39 is 0 Å². The van der Waals surface area contributed by atoms with Crippen molar-refractivity contribution in [2.45, 2.75) is 19.4 Å². The maximum Gasteiger partial charge on any atom is 0.228 e. The number of benzene rings is 3. The van der Waals surface area contributed by atoms with Crippen molar-refractivity contribution in [2.24, 2.45) is 0 Å². The van der Waals surface area contributed by atoms with Crippen LogP contribution >= 0.6 is 0 Å². The molecule has 0 bridgehead atoms.